The molecule has 2 aromatic rings. The largest absolute Gasteiger partial charge is 0.497 e. The molecule has 1 aromatic heterocycles. The number of nitrogens with one attached hydrogen (secondary N) is 1. The molecular formula is C24H30N4O4S. The molecule has 2 saturated heterocycles. The lowest BCUT2D eigenvalue weighted by Gasteiger charge is -2.32. The van der Waals surface area contributed by atoms with E-state index < -0.39 is 0 Å². The molecule has 176 valence electrons. The highest BCUT2D eigenvalue weighted by Crippen LogP contribution is 2.28. The Labute approximate surface area is 198 Å². The molecule has 0 spiro atoms. The Morgan fingerprint density at radius 2 is 2.06 bits per heavy atom. The van der Waals surface area contributed by atoms with Crippen LogP contribution in [-0.4, -0.2) is 85.2 Å². The summed E-state index contributed by atoms with van der Waals surface area (Å²) in [6.07, 6.45) is 2.33. The lowest BCUT2D eigenvalue weighted by atomic mass is 10.1. The van der Waals surface area contributed by atoms with Gasteiger partial charge in [-0.1, -0.05) is 12.1 Å². The third-order valence-corrected chi connectivity index (χ3v) is 7.35. The highest BCUT2D eigenvalue weighted by Gasteiger charge is 2.41. The summed E-state index contributed by atoms with van der Waals surface area (Å²) in [6, 6.07) is 11.1. The minimum atomic E-state index is -0.289. The van der Waals surface area contributed by atoms with Crippen LogP contribution in [0.5, 0.6) is 5.75 Å². The molecule has 0 radical (unpaired) electrons. The lowest BCUT2D eigenvalue weighted by Crippen LogP contribution is -2.52. The van der Waals surface area contributed by atoms with Gasteiger partial charge in [0.1, 0.15) is 5.75 Å². The van der Waals surface area contributed by atoms with Gasteiger partial charge in [0.05, 0.1) is 18.0 Å². The molecule has 0 unspecified atom stereocenters. The molecule has 2 fully saturated rings. The van der Waals surface area contributed by atoms with Crippen LogP contribution in [0.15, 0.2) is 36.4 Å². The van der Waals surface area contributed by atoms with E-state index in [0.29, 0.717) is 44.0 Å². The number of rotatable bonds is 9. The van der Waals surface area contributed by atoms with Crippen molar-refractivity contribution in [2.75, 3.05) is 39.8 Å². The van der Waals surface area contributed by atoms with Crippen molar-refractivity contribution >= 4 is 29.9 Å². The van der Waals surface area contributed by atoms with Crippen molar-refractivity contribution in [3.63, 3.8) is 0 Å². The molecule has 2 atom stereocenters. The number of hydrogen-bond acceptors (Lipinski definition) is 7. The second-order valence-corrected chi connectivity index (χ2v) is 9.66. The van der Waals surface area contributed by atoms with Gasteiger partial charge in [-0.25, -0.2) is 0 Å². The van der Waals surface area contributed by atoms with Crippen molar-refractivity contribution in [1.82, 2.24) is 20.0 Å². The van der Waals surface area contributed by atoms with Gasteiger partial charge in [-0.15, -0.1) is 11.3 Å². The summed E-state index contributed by atoms with van der Waals surface area (Å²) in [5.41, 5.74) is 0.985. The Bertz CT molecular complexity index is 975. The average Bonchev–Trinajstić information content (AvgIpc) is 3.50. The summed E-state index contributed by atoms with van der Waals surface area (Å²) < 4.78 is 5.31. The molecule has 3 heterocycles. The smallest absolute Gasteiger partial charge is 0.240 e. The molecule has 2 aliphatic heterocycles. The number of likely N-dealkylation sites (tertiary alicyclic amines) is 1. The number of ether oxygens (including phenoxy) is 1. The van der Waals surface area contributed by atoms with Gasteiger partial charge in [-0.3, -0.25) is 19.3 Å². The Hall–Kier alpha value is -2.75. The number of piperazine rings is 1. The van der Waals surface area contributed by atoms with Gasteiger partial charge >= 0.3 is 0 Å². The summed E-state index contributed by atoms with van der Waals surface area (Å²) in [6.45, 7) is 4.65. The van der Waals surface area contributed by atoms with E-state index in [2.05, 4.69) is 10.2 Å². The van der Waals surface area contributed by atoms with E-state index in [0.717, 1.165) is 42.0 Å². The summed E-state index contributed by atoms with van der Waals surface area (Å²) >= 11 is 1.45. The first kappa shape index (κ1) is 23.4. The predicted molar refractivity (Wildman–Crippen MR) is 126 cm³/mol. The maximum absolute atomic E-state index is 13.4. The van der Waals surface area contributed by atoms with Gasteiger partial charge in [-0.2, -0.15) is 0 Å². The standard InChI is InChI=1S/C24H30N4O4S/c1-32-20-4-2-3-18(11-20)13-28(17-30)19-12-23(24(31)26-9-7-25-8-10-26)27(14-19)15-21-5-6-22(16-29)33-21/h2-6,11,16-17,19,23,25H,7-10,12-15H2,1H3/t19-,23-/m0/s1. The van der Waals surface area contributed by atoms with E-state index in [9.17, 15) is 14.4 Å². The minimum absolute atomic E-state index is 0.0731. The van der Waals surface area contributed by atoms with Crippen LogP contribution in [0.4, 0.5) is 0 Å². The van der Waals surface area contributed by atoms with E-state index >= 15 is 0 Å². The van der Waals surface area contributed by atoms with Crippen LogP contribution in [0.2, 0.25) is 0 Å². The Morgan fingerprint density at radius 3 is 2.76 bits per heavy atom. The lowest BCUT2D eigenvalue weighted by molar-refractivity contribution is -0.136. The second kappa shape index (κ2) is 10.9. The molecule has 0 bridgehead atoms. The number of thiophene rings is 1. The maximum Gasteiger partial charge on any atom is 0.240 e. The van der Waals surface area contributed by atoms with Crippen LogP contribution in [0, 0.1) is 0 Å². The first-order valence-corrected chi connectivity index (χ1v) is 12.0. The van der Waals surface area contributed by atoms with Crippen molar-refractivity contribution in [1.29, 1.82) is 0 Å². The molecule has 2 aliphatic rings. The zero-order chi connectivity index (χ0) is 23.2. The van der Waals surface area contributed by atoms with Crippen LogP contribution in [0.1, 0.15) is 26.5 Å². The summed E-state index contributed by atoms with van der Waals surface area (Å²) in [5.74, 6) is 0.875. The van der Waals surface area contributed by atoms with Crippen molar-refractivity contribution in [3.8, 4) is 5.75 Å². The van der Waals surface area contributed by atoms with Gasteiger partial charge < -0.3 is 19.9 Å². The Kier molecular flexibility index (Phi) is 7.74. The number of amides is 2. The van der Waals surface area contributed by atoms with Crippen molar-refractivity contribution in [2.24, 2.45) is 0 Å². The van der Waals surface area contributed by atoms with Crippen LogP contribution in [-0.2, 0) is 22.7 Å². The first-order valence-electron chi connectivity index (χ1n) is 11.2. The highest BCUT2D eigenvalue weighted by atomic mass is 32.1. The van der Waals surface area contributed by atoms with Gasteiger partial charge in [0.15, 0.2) is 6.29 Å². The number of nitrogens with zero attached hydrogens (tertiary/aromatic N) is 3. The normalized spacial score (nSPS) is 21.1. The third-order valence-electron chi connectivity index (χ3n) is 6.36. The monoisotopic (exact) mass is 470 g/mol. The third kappa shape index (κ3) is 5.61. The minimum Gasteiger partial charge on any atom is -0.497 e. The van der Waals surface area contributed by atoms with E-state index in [1.807, 2.05) is 41.3 Å². The van der Waals surface area contributed by atoms with E-state index in [1.165, 1.54) is 11.3 Å². The zero-order valence-corrected chi connectivity index (χ0v) is 19.6. The maximum atomic E-state index is 13.4. The zero-order valence-electron chi connectivity index (χ0n) is 18.8. The van der Waals surface area contributed by atoms with Crippen LogP contribution < -0.4 is 10.1 Å². The molecule has 1 aromatic carbocycles. The SMILES string of the molecule is COc1cccc(CN(C=O)[C@H]2C[C@@H](C(=O)N3CCNCC3)N(Cc3ccc(C=O)s3)C2)c1. The van der Waals surface area contributed by atoms with Crippen LogP contribution >= 0.6 is 11.3 Å². The number of methoxy groups -OCH3 is 1. The van der Waals surface area contributed by atoms with Crippen LogP contribution in [0.3, 0.4) is 0 Å². The molecule has 2 amide bonds. The van der Waals surface area contributed by atoms with E-state index in [-0.39, 0.29) is 18.0 Å². The van der Waals surface area contributed by atoms with Gasteiger partial charge in [-0.05, 0) is 36.2 Å². The first-order chi connectivity index (χ1) is 16.1. The molecule has 0 aliphatic carbocycles. The fourth-order valence-electron chi connectivity index (χ4n) is 4.62. The van der Waals surface area contributed by atoms with E-state index in [4.69, 9.17) is 4.74 Å². The predicted octanol–water partition coefficient (Wildman–Crippen LogP) is 1.60. The van der Waals surface area contributed by atoms with Gasteiger partial charge in [0.25, 0.3) is 0 Å². The topological polar surface area (TPSA) is 82.2 Å². The molecule has 9 heteroatoms. The number of aldehydes is 1. The van der Waals surface area contributed by atoms with Crippen molar-refractivity contribution in [2.45, 2.75) is 31.6 Å². The Balaban J connectivity index is 1.52. The molecule has 0 saturated carbocycles. The number of benzene rings is 1. The highest BCUT2D eigenvalue weighted by molar-refractivity contribution is 7.13. The number of carbonyl (C=O) groups is 3. The second-order valence-electron chi connectivity index (χ2n) is 8.46. The summed E-state index contributed by atoms with van der Waals surface area (Å²) in [7, 11) is 1.62. The van der Waals surface area contributed by atoms with Crippen molar-refractivity contribution < 1.29 is 19.1 Å². The molecular weight excluding hydrogens is 440 g/mol. The van der Waals surface area contributed by atoms with E-state index in [1.54, 1.807) is 12.0 Å². The quantitative estimate of drug-likeness (QED) is 0.561. The van der Waals surface area contributed by atoms with Gasteiger partial charge in [0.2, 0.25) is 12.3 Å². The summed E-state index contributed by atoms with van der Waals surface area (Å²) in [5, 5.41) is 3.29. The summed E-state index contributed by atoms with van der Waals surface area (Å²) in [4.78, 5) is 44.2. The molecule has 1 N–H and O–H groups in total. The molecule has 8 nitrogen and oxygen atoms in total. The average molecular weight is 471 g/mol. The molecule has 33 heavy (non-hydrogen) atoms. The fraction of sp³-hybridized carbons (Fsp3) is 0.458. The Morgan fingerprint density at radius 1 is 1.24 bits per heavy atom. The van der Waals surface area contributed by atoms with Crippen LogP contribution in [0.25, 0.3) is 0 Å². The van der Waals surface area contributed by atoms with Crippen molar-refractivity contribution in [3.05, 3.63) is 51.7 Å². The fourth-order valence-corrected chi connectivity index (χ4v) is 5.48. The number of hydrogen-bond donors (Lipinski definition) is 1. The van der Waals surface area contributed by atoms with Gasteiger partial charge in [0, 0.05) is 56.7 Å². The number of carbonyl (C=O) groups excluding carboxylic acids is 3. The molecule has 4 rings (SSSR count).